The predicted octanol–water partition coefficient (Wildman–Crippen LogP) is 2.09. The van der Waals surface area contributed by atoms with Gasteiger partial charge < -0.3 is 9.79 Å². The number of phosphoric ester groups is 1. The van der Waals surface area contributed by atoms with Gasteiger partial charge >= 0.3 is 7.82 Å². The fourth-order valence-electron chi connectivity index (χ4n) is 3.08. The Labute approximate surface area is 166 Å². The molecular formula is C18H43N4O4P. The van der Waals surface area contributed by atoms with Crippen LogP contribution in [0.5, 0.6) is 0 Å². The molecule has 2 aliphatic heterocycles. The molecule has 2 saturated heterocycles. The van der Waals surface area contributed by atoms with Gasteiger partial charge in [0.1, 0.15) is 0 Å². The van der Waals surface area contributed by atoms with E-state index in [1.54, 1.807) is 0 Å². The Morgan fingerprint density at radius 3 is 1.41 bits per heavy atom. The molecule has 0 aromatic rings. The lowest BCUT2D eigenvalue weighted by Gasteiger charge is -2.21. The van der Waals surface area contributed by atoms with Crippen LogP contribution in [-0.4, -0.2) is 102 Å². The minimum absolute atomic E-state index is 0.140. The summed E-state index contributed by atoms with van der Waals surface area (Å²) in [5, 5.41) is 0. The first kappa shape index (κ1) is 27.0. The summed E-state index contributed by atoms with van der Waals surface area (Å²) >= 11 is 0. The smallest absolute Gasteiger partial charge is 0.303 e. The molecule has 0 aromatic carbocycles. The van der Waals surface area contributed by atoms with Crippen molar-refractivity contribution in [3.63, 3.8) is 0 Å². The molecule has 0 aromatic heterocycles. The first-order valence-corrected chi connectivity index (χ1v) is 11.4. The number of hydrogen-bond acceptors (Lipinski definition) is 6. The molecule has 0 radical (unpaired) electrons. The first-order chi connectivity index (χ1) is 12.3. The number of nitrogens with zero attached hydrogens (tertiary/aromatic N) is 4. The Bertz CT molecular complexity index is 401. The van der Waals surface area contributed by atoms with E-state index in [0.717, 1.165) is 18.5 Å². The van der Waals surface area contributed by atoms with E-state index in [1.165, 1.54) is 13.1 Å². The Balaban J connectivity index is 0.000000376. The molecule has 0 bridgehead atoms. The van der Waals surface area contributed by atoms with Gasteiger partial charge in [0.15, 0.2) is 0 Å². The van der Waals surface area contributed by atoms with Gasteiger partial charge in [0.2, 0.25) is 0 Å². The normalized spacial score (nSPS) is 30.6. The quantitative estimate of drug-likeness (QED) is 0.539. The standard InChI is InChI=1S/2C7H16N2.C4H11O4P/c2*1-6-5-8(3)7(2)9(6)4;1-2-3-4-8-9(5,6)7/h2*6-7H,5H2,1-4H3;2-4H2,1H3,(H2,5,6,7). The molecule has 0 spiro atoms. The zero-order valence-corrected chi connectivity index (χ0v) is 19.7. The van der Waals surface area contributed by atoms with Gasteiger partial charge in [0.05, 0.1) is 18.9 Å². The van der Waals surface area contributed by atoms with E-state index in [-0.39, 0.29) is 6.61 Å². The van der Waals surface area contributed by atoms with Gasteiger partial charge in [-0.05, 0) is 62.3 Å². The van der Waals surface area contributed by atoms with E-state index in [0.29, 0.717) is 18.8 Å². The maximum absolute atomic E-state index is 9.98. The first-order valence-electron chi connectivity index (χ1n) is 9.86. The van der Waals surface area contributed by atoms with Gasteiger partial charge in [0.25, 0.3) is 0 Å². The highest BCUT2D eigenvalue weighted by molar-refractivity contribution is 7.46. The van der Waals surface area contributed by atoms with Crippen molar-refractivity contribution in [3.8, 4) is 0 Å². The van der Waals surface area contributed by atoms with E-state index in [1.807, 2.05) is 6.92 Å². The van der Waals surface area contributed by atoms with Crippen LogP contribution in [0, 0.1) is 0 Å². The molecule has 164 valence electrons. The summed E-state index contributed by atoms with van der Waals surface area (Å²) in [5.74, 6) is 0. The molecule has 2 fully saturated rings. The third-order valence-electron chi connectivity index (χ3n) is 5.71. The Morgan fingerprint density at radius 2 is 1.26 bits per heavy atom. The van der Waals surface area contributed by atoms with E-state index in [9.17, 15) is 4.57 Å². The van der Waals surface area contributed by atoms with Gasteiger partial charge in [-0.2, -0.15) is 0 Å². The molecular weight excluding hydrogens is 367 g/mol. The molecule has 2 N–H and O–H groups in total. The highest BCUT2D eigenvalue weighted by Crippen LogP contribution is 2.35. The summed E-state index contributed by atoms with van der Waals surface area (Å²) in [6.07, 6.45) is 2.81. The summed E-state index contributed by atoms with van der Waals surface area (Å²) in [6.45, 7) is 13.5. The van der Waals surface area contributed by atoms with Crippen molar-refractivity contribution in [2.75, 3.05) is 47.9 Å². The van der Waals surface area contributed by atoms with Crippen LogP contribution >= 0.6 is 7.82 Å². The monoisotopic (exact) mass is 410 g/mol. The molecule has 27 heavy (non-hydrogen) atoms. The van der Waals surface area contributed by atoms with E-state index >= 15 is 0 Å². The third kappa shape index (κ3) is 10.3. The molecule has 0 saturated carbocycles. The van der Waals surface area contributed by atoms with Crippen LogP contribution in [0.3, 0.4) is 0 Å². The average molecular weight is 411 g/mol. The van der Waals surface area contributed by atoms with Crippen molar-refractivity contribution in [1.82, 2.24) is 19.6 Å². The van der Waals surface area contributed by atoms with Gasteiger partial charge in [-0.15, -0.1) is 0 Å². The van der Waals surface area contributed by atoms with E-state index in [4.69, 9.17) is 9.79 Å². The fraction of sp³-hybridized carbons (Fsp3) is 1.00. The lowest BCUT2D eigenvalue weighted by Crippen LogP contribution is -2.32. The maximum atomic E-state index is 9.98. The highest BCUT2D eigenvalue weighted by Gasteiger charge is 2.28. The van der Waals surface area contributed by atoms with Crippen LogP contribution in [-0.2, 0) is 9.09 Å². The summed E-state index contributed by atoms with van der Waals surface area (Å²) < 4.78 is 14.1. The topological polar surface area (TPSA) is 79.7 Å². The highest BCUT2D eigenvalue weighted by atomic mass is 31.2. The van der Waals surface area contributed by atoms with Crippen molar-refractivity contribution >= 4 is 7.82 Å². The van der Waals surface area contributed by atoms with Gasteiger partial charge in [-0.3, -0.25) is 24.1 Å². The number of phosphoric acid groups is 1. The van der Waals surface area contributed by atoms with Crippen LogP contribution < -0.4 is 0 Å². The minimum atomic E-state index is -4.20. The maximum Gasteiger partial charge on any atom is 0.469 e. The van der Waals surface area contributed by atoms with Crippen LogP contribution in [0.1, 0.15) is 47.5 Å². The van der Waals surface area contributed by atoms with Crippen LogP contribution in [0.25, 0.3) is 0 Å². The predicted molar refractivity (Wildman–Crippen MR) is 112 cm³/mol. The zero-order valence-electron chi connectivity index (χ0n) is 18.8. The Hall–Kier alpha value is -0.0500. The van der Waals surface area contributed by atoms with Crippen molar-refractivity contribution in [2.45, 2.75) is 71.9 Å². The second kappa shape index (κ2) is 12.5. The van der Waals surface area contributed by atoms with Crippen LogP contribution in [0.4, 0.5) is 0 Å². The van der Waals surface area contributed by atoms with Crippen molar-refractivity contribution in [3.05, 3.63) is 0 Å². The van der Waals surface area contributed by atoms with Gasteiger partial charge in [-0.1, -0.05) is 13.3 Å². The number of likely N-dealkylation sites (N-methyl/N-ethyl adjacent to an activating group) is 4. The lowest BCUT2D eigenvalue weighted by molar-refractivity contribution is 0.192. The number of rotatable bonds is 4. The largest absolute Gasteiger partial charge is 0.469 e. The molecule has 8 nitrogen and oxygen atoms in total. The molecule has 4 atom stereocenters. The molecule has 4 unspecified atom stereocenters. The number of unbranched alkanes of at least 4 members (excludes halogenated alkanes) is 1. The second-order valence-corrected chi connectivity index (χ2v) is 9.09. The van der Waals surface area contributed by atoms with Gasteiger partial charge in [0, 0.05) is 25.2 Å². The molecule has 2 heterocycles. The molecule has 2 rings (SSSR count). The second-order valence-electron chi connectivity index (χ2n) is 7.85. The molecule has 0 aliphatic carbocycles. The summed E-state index contributed by atoms with van der Waals surface area (Å²) in [5.41, 5.74) is 0. The third-order valence-corrected chi connectivity index (χ3v) is 6.23. The summed E-state index contributed by atoms with van der Waals surface area (Å²) in [6, 6.07) is 1.45. The summed E-state index contributed by atoms with van der Waals surface area (Å²) in [7, 11) is 4.51. The Kier molecular flexibility index (Phi) is 12.5. The van der Waals surface area contributed by atoms with E-state index < -0.39 is 7.82 Å². The average Bonchev–Trinajstić information content (AvgIpc) is 2.92. The lowest BCUT2D eigenvalue weighted by atomic mass is 10.3. The number of hydrogen-bond donors (Lipinski definition) is 2. The van der Waals surface area contributed by atoms with Gasteiger partial charge in [-0.25, -0.2) is 4.57 Å². The van der Waals surface area contributed by atoms with Crippen LogP contribution in [0.2, 0.25) is 0 Å². The Morgan fingerprint density at radius 1 is 0.889 bits per heavy atom. The SMILES string of the molecule is CC1CN(C)C(C)N1C.CC1CN(C)C(C)N1C.CCCCOP(=O)(O)O. The van der Waals surface area contributed by atoms with E-state index in [2.05, 4.69) is 80.0 Å². The van der Waals surface area contributed by atoms with Crippen molar-refractivity contribution in [2.24, 2.45) is 0 Å². The minimum Gasteiger partial charge on any atom is -0.303 e. The van der Waals surface area contributed by atoms with Crippen molar-refractivity contribution in [1.29, 1.82) is 0 Å². The molecule has 0 amide bonds. The fourth-order valence-corrected chi connectivity index (χ4v) is 3.45. The van der Waals surface area contributed by atoms with Crippen molar-refractivity contribution < 1.29 is 18.9 Å². The zero-order chi connectivity index (χ0) is 21.4. The summed E-state index contributed by atoms with van der Waals surface area (Å²) in [4.78, 5) is 25.8. The molecule has 2 aliphatic rings. The van der Waals surface area contributed by atoms with Crippen LogP contribution in [0.15, 0.2) is 0 Å². The molecule has 9 heteroatoms.